The van der Waals surface area contributed by atoms with Gasteiger partial charge in [0.1, 0.15) is 0 Å². The van der Waals surface area contributed by atoms with Crippen LogP contribution >= 0.6 is 11.3 Å². The van der Waals surface area contributed by atoms with Crippen LogP contribution in [-0.4, -0.2) is 11.8 Å². The summed E-state index contributed by atoms with van der Waals surface area (Å²) in [6.45, 7) is 3.92. The maximum absolute atomic E-state index is 12.8. The van der Waals surface area contributed by atoms with Crippen molar-refractivity contribution in [2.75, 3.05) is 10.6 Å². The first kappa shape index (κ1) is 16.8. The van der Waals surface area contributed by atoms with E-state index in [1.807, 2.05) is 56.3 Å². The van der Waals surface area contributed by atoms with E-state index >= 15 is 0 Å². The molecule has 0 saturated heterocycles. The van der Waals surface area contributed by atoms with Crippen molar-refractivity contribution >= 4 is 44.6 Å². The van der Waals surface area contributed by atoms with Gasteiger partial charge in [-0.25, -0.2) is 0 Å². The van der Waals surface area contributed by atoms with Gasteiger partial charge in [0.15, 0.2) is 0 Å². The predicted octanol–water partition coefficient (Wildman–Crippen LogP) is 5.12. The fourth-order valence-corrected chi connectivity index (χ4v) is 4.10. The van der Waals surface area contributed by atoms with Crippen LogP contribution in [0.3, 0.4) is 0 Å². The molecular formula is C21H20N2O2S. The molecule has 1 aliphatic carbocycles. The molecule has 2 aromatic carbocycles. The third kappa shape index (κ3) is 3.22. The zero-order valence-electron chi connectivity index (χ0n) is 14.8. The number of amides is 2. The molecule has 2 amide bonds. The molecule has 0 atom stereocenters. The molecule has 5 heteroatoms. The van der Waals surface area contributed by atoms with Crippen LogP contribution in [0.1, 0.15) is 33.6 Å². The average molecular weight is 364 g/mol. The number of aryl methyl sites for hydroxylation is 2. The van der Waals surface area contributed by atoms with Crippen LogP contribution in [0.15, 0.2) is 42.5 Å². The zero-order valence-corrected chi connectivity index (χ0v) is 15.6. The molecule has 1 heterocycles. The van der Waals surface area contributed by atoms with Crippen molar-refractivity contribution < 1.29 is 9.59 Å². The number of carbonyl (C=O) groups is 2. The normalized spacial score (nSPS) is 13.6. The quantitative estimate of drug-likeness (QED) is 0.675. The topological polar surface area (TPSA) is 58.2 Å². The van der Waals surface area contributed by atoms with Gasteiger partial charge < -0.3 is 10.6 Å². The smallest absolute Gasteiger partial charge is 0.266 e. The summed E-state index contributed by atoms with van der Waals surface area (Å²) in [6, 6.07) is 13.7. The van der Waals surface area contributed by atoms with Crippen molar-refractivity contribution in [3.63, 3.8) is 0 Å². The molecule has 26 heavy (non-hydrogen) atoms. The summed E-state index contributed by atoms with van der Waals surface area (Å²) >= 11 is 1.50. The summed E-state index contributed by atoms with van der Waals surface area (Å²) in [5, 5.41) is 7.05. The van der Waals surface area contributed by atoms with Crippen molar-refractivity contribution in [3.05, 3.63) is 58.5 Å². The lowest BCUT2D eigenvalue weighted by Crippen LogP contribution is -2.15. The largest absolute Gasteiger partial charge is 0.326 e. The highest BCUT2D eigenvalue weighted by atomic mass is 32.1. The summed E-state index contributed by atoms with van der Waals surface area (Å²) in [5.41, 5.74) is 3.40. The third-order valence-corrected chi connectivity index (χ3v) is 6.02. The summed E-state index contributed by atoms with van der Waals surface area (Å²) in [5.74, 6) is 0.0968. The number of benzene rings is 2. The SMILES string of the molecule is Cc1ccc(NC(=O)C2CC2)cc1NC(=O)c1sc2ccccc2c1C. The molecule has 1 fully saturated rings. The summed E-state index contributed by atoms with van der Waals surface area (Å²) in [6.07, 6.45) is 1.93. The van der Waals surface area contributed by atoms with E-state index in [4.69, 9.17) is 0 Å². The van der Waals surface area contributed by atoms with Crippen LogP contribution < -0.4 is 10.6 Å². The average Bonchev–Trinajstić information content (AvgIpc) is 3.42. The van der Waals surface area contributed by atoms with E-state index in [-0.39, 0.29) is 17.7 Å². The van der Waals surface area contributed by atoms with Crippen LogP contribution in [0, 0.1) is 19.8 Å². The predicted molar refractivity (Wildman–Crippen MR) is 107 cm³/mol. The number of thiophene rings is 1. The first-order valence-electron chi connectivity index (χ1n) is 8.74. The third-order valence-electron chi connectivity index (χ3n) is 4.75. The minimum absolute atomic E-state index is 0.0616. The maximum atomic E-state index is 12.8. The van der Waals surface area contributed by atoms with Gasteiger partial charge in [-0.3, -0.25) is 9.59 Å². The van der Waals surface area contributed by atoms with E-state index in [0.29, 0.717) is 0 Å². The van der Waals surface area contributed by atoms with Gasteiger partial charge in [-0.2, -0.15) is 0 Å². The molecule has 0 spiro atoms. The van der Waals surface area contributed by atoms with E-state index in [2.05, 4.69) is 10.6 Å². The van der Waals surface area contributed by atoms with Gasteiger partial charge in [0.2, 0.25) is 5.91 Å². The van der Waals surface area contributed by atoms with Crippen LogP contribution in [0.5, 0.6) is 0 Å². The molecule has 1 aromatic heterocycles. The molecule has 1 saturated carbocycles. The summed E-state index contributed by atoms with van der Waals surface area (Å²) in [7, 11) is 0. The Morgan fingerprint density at radius 2 is 1.81 bits per heavy atom. The monoisotopic (exact) mass is 364 g/mol. The van der Waals surface area contributed by atoms with Crippen molar-refractivity contribution in [2.24, 2.45) is 5.92 Å². The second-order valence-corrected chi connectivity index (χ2v) is 7.85. The van der Waals surface area contributed by atoms with Crippen molar-refractivity contribution in [1.29, 1.82) is 0 Å². The van der Waals surface area contributed by atoms with Gasteiger partial charge in [0, 0.05) is 22.0 Å². The fraction of sp³-hybridized carbons (Fsp3) is 0.238. The Balaban J connectivity index is 1.58. The van der Waals surface area contributed by atoms with E-state index in [9.17, 15) is 9.59 Å². The summed E-state index contributed by atoms with van der Waals surface area (Å²) < 4.78 is 1.11. The fourth-order valence-electron chi connectivity index (χ4n) is 2.99. The van der Waals surface area contributed by atoms with Gasteiger partial charge >= 0.3 is 0 Å². The molecule has 3 aromatic rings. The first-order valence-corrected chi connectivity index (χ1v) is 9.55. The van der Waals surface area contributed by atoms with E-state index < -0.39 is 0 Å². The lowest BCUT2D eigenvalue weighted by molar-refractivity contribution is -0.117. The van der Waals surface area contributed by atoms with Gasteiger partial charge in [-0.15, -0.1) is 11.3 Å². The number of hydrogen-bond acceptors (Lipinski definition) is 3. The van der Waals surface area contributed by atoms with Crippen molar-refractivity contribution in [2.45, 2.75) is 26.7 Å². The van der Waals surface area contributed by atoms with Gasteiger partial charge in [0.25, 0.3) is 5.91 Å². The minimum Gasteiger partial charge on any atom is -0.326 e. The number of hydrogen-bond donors (Lipinski definition) is 2. The van der Waals surface area contributed by atoms with E-state index in [0.717, 1.165) is 50.3 Å². The minimum atomic E-state index is -0.113. The molecule has 132 valence electrons. The highest BCUT2D eigenvalue weighted by Crippen LogP contribution is 2.32. The van der Waals surface area contributed by atoms with Crippen molar-refractivity contribution in [3.8, 4) is 0 Å². The van der Waals surface area contributed by atoms with Gasteiger partial charge in [-0.1, -0.05) is 24.3 Å². The maximum Gasteiger partial charge on any atom is 0.266 e. The van der Waals surface area contributed by atoms with Gasteiger partial charge in [-0.05, 0) is 61.4 Å². The molecule has 4 nitrogen and oxygen atoms in total. The number of nitrogens with one attached hydrogen (secondary N) is 2. The standard InChI is InChI=1S/C21H20N2O2S/c1-12-7-10-15(22-20(24)14-8-9-14)11-17(12)23-21(25)19-13(2)16-5-3-4-6-18(16)26-19/h3-7,10-11,14H,8-9H2,1-2H3,(H,22,24)(H,23,25). The zero-order chi connectivity index (χ0) is 18.3. The Bertz CT molecular complexity index is 1020. The Labute approximate surface area is 156 Å². The Morgan fingerprint density at radius 3 is 2.54 bits per heavy atom. The molecule has 0 aliphatic heterocycles. The highest BCUT2D eigenvalue weighted by molar-refractivity contribution is 7.21. The molecule has 4 rings (SSSR count). The molecule has 2 N–H and O–H groups in total. The lowest BCUT2D eigenvalue weighted by atomic mass is 10.1. The van der Waals surface area contributed by atoms with Gasteiger partial charge in [0.05, 0.1) is 4.88 Å². The lowest BCUT2D eigenvalue weighted by Gasteiger charge is -2.11. The highest BCUT2D eigenvalue weighted by Gasteiger charge is 2.29. The molecule has 1 aliphatic rings. The molecule has 0 bridgehead atoms. The second-order valence-electron chi connectivity index (χ2n) is 6.80. The van der Waals surface area contributed by atoms with E-state index in [1.165, 1.54) is 11.3 Å². The Morgan fingerprint density at radius 1 is 1.04 bits per heavy atom. The van der Waals surface area contributed by atoms with Crippen LogP contribution in [0.25, 0.3) is 10.1 Å². The summed E-state index contributed by atoms with van der Waals surface area (Å²) in [4.78, 5) is 25.5. The van der Waals surface area contributed by atoms with Crippen LogP contribution in [-0.2, 0) is 4.79 Å². The number of rotatable bonds is 4. The van der Waals surface area contributed by atoms with E-state index in [1.54, 1.807) is 0 Å². The molecule has 0 unspecified atom stereocenters. The molecular weight excluding hydrogens is 344 g/mol. The molecule has 0 radical (unpaired) electrons. The Kier molecular flexibility index (Phi) is 4.24. The Hall–Kier alpha value is -2.66. The second kappa shape index (κ2) is 6.57. The first-order chi connectivity index (χ1) is 12.5. The number of fused-ring (bicyclic) bond motifs is 1. The number of carbonyl (C=O) groups excluding carboxylic acids is 2. The van der Waals surface area contributed by atoms with Crippen molar-refractivity contribution in [1.82, 2.24) is 0 Å². The number of anilines is 2. The van der Waals surface area contributed by atoms with Crippen LogP contribution in [0.2, 0.25) is 0 Å². The van der Waals surface area contributed by atoms with Crippen LogP contribution in [0.4, 0.5) is 11.4 Å².